The molecule has 0 amide bonds. The van der Waals surface area contributed by atoms with Crippen molar-refractivity contribution in [2.24, 2.45) is 5.92 Å². The van der Waals surface area contributed by atoms with Crippen LogP contribution in [0.2, 0.25) is 0 Å². The molecular weight excluding hydrogens is 352 g/mol. The van der Waals surface area contributed by atoms with E-state index in [4.69, 9.17) is 9.84 Å². The second-order valence-electron chi connectivity index (χ2n) is 6.01. The number of benzene rings is 2. The molecule has 3 rings (SSSR count). The Labute approximate surface area is 147 Å². The Bertz CT molecular complexity index is 793. The molecule has 1 aliphatic carbocycles. The summed E-state index contributed by atoms with van der Waals surface area (Å²) in [5.74, 6) is -2.64. The lowest BCUT2D eigenvalue weighted by Crippen LogP contribution is -2.06. The molecule has 0 spiro atoms. The Morgan fingerprint density at radius 1 is 1.00 bits per heavy atom. The normalized spacial score (nSPS) is 14.2. The first-order valence-electron chi connectivity index (χ1n) is 8.00. The third kappa shape index (κ3) is 4.68. The van der Waals surface area contributed by atoms with Crippen molar-refractivity contribution in [3.05, 3.63) is 53.1 Å². The van der Waals surface area contributed by atoms with Crippen LogP contribution < -0.4 is 9.47 Å². The number of alkyl halides is 2. The minimum Gasteiger partial charge on any atom is -0.503 e. The second-order valence-corrected chi connectivity index (χ2v) is 6.01. The molecule has 1 fully saturated rings. The van der Waals surface area contributed by atoms with Gasteiger partial charge in [-0.05, 0) is 54.2 Å². The van der Waals surface area contributed by atoms with E-state index in [9.17, 15) is 17.6 Å². The van der Waals surface area contributed by atoms with Crippen molar-refractivity contribution in [3.63, 3.8) is 0 Å². The Morgan fingerprint density at radius 2 is 1.65 bits per heavy atom. The fourth-order valence-corrected chi connectivity index (χ4v) is 2.30. The van der Waals surface area contributed by atoms with Gasteiger partial charge in [0.15, 0.2) is 28.9 Å². The summed E-state index contributed by atoms with van der Waals surface area (Å²) in [5.41, 5.74) is 0.775. The molecule has 1 aliphatic rings. The molecule has 0 aromatic heterocycles. The third-order valence-corrected chi connectivity index (χ3v) is 3.86. The number of rotatable bonds is 7. The lowest BCUT2D eigenvalue weighted by atomic mass is 10.1. The molecule has 3 nitrogen and oxygen atoms in total. The first kappa shape index (κ1) is 18.1. The van der Waals surface area contributed by atoms with E-state index in [1.807, 2.05) is 0 Å². The molecule has 0 heterocycles. The molecule has 0 unspecified atom stereocenters. The van der Waals surface area contributed by atoms with Gasteiger partial charge in [-0.15, -0.1) is 0 Å². The van der Waals surface area contributed by atoms with Crippen molar-refractivity contribution in [2.75, 3.05) is 6.61 Å². The van der Waals surface area contributed by atoms with E-state index in [-0.39, 0.29) is 17.1 Å². The second kappa shape index (κ2) is 7.68. The van der Waals surface area contributed by atoms with Crippen LogP contribution in [0.1, 0.15) is 24.0 Å². The van der Waals surface area contributed by atoms with Crippen LogP contribution in [0, 0.1) is 17.6 Å². The largest absolute Gasteiger partial charge is 0.503 e. The van der Waals surface area contributed by atoms with Crippen molar-refractivity contribution in [3.8, 4) is 17.2 Å². The van der Waals surface area contributed by atoms with E-state index in [1.165, 1.54) is 24.3 Å². The zero-order chi connectivity index (χ0) is 18.7. The standard InChI is InChI=1S/C19H16F4O3/c20-14-7-13(8-15(21)18(14)24)4-1-11-5-6-16(26-19(22)23)17(9-11)25-10-12-2-3-12/h1,4-9,12,19,24H,2-3,10H2. The molecule has 1 N–H and O–H groups in total. The number of halogens is 4. The molecule has 0 atom stereocenters. The van der Waals surface area contributed by atoms with Crippen molar-refractivity contribution >= 4 is 12.2 Å². The van der Waals surface area contributed by atoms with Crippen molar-refractivity contribution in [2.45, 2.75) is 19.5 Å². The highest BCUT2D eigenvalue weighted by molar-refractivity contribution is 5.71. The summed E-state index contributed by atoms with van der Waals surface area (Å²) in [4.78, 5) is 0. The molecule has 1 saturated carbocycles. The van der Waals surface area contributed by atoms with E-state index in [0.29, 0.717) is 18.1 Å². The van der Waals surface area contributed by atoms with Crippen molar-refractivity contribution in [1.29, 1.82) is 0 Å². The van der Waals surface area contributed by atoms with E-state index in [0.717, 1.165) is 25.0 Å². The SMILES string of the molecule is Oc1c(F)cc(C=Cc2ccc(OC(F)F)c(OCC3CC3)c2)cc1F. The molecule has 2 aromatic rings. The van der Waals surface area contributed by atoms with Crippen LogP contribution >= 0.6 is 0 Å². The summed E-state index contributed by atoms with van der Waals surface area (Å²) in [6.07, 6.45) is 5.06. The molecule has 26 heavy (non-hydrogen) atoms. The summed E-state index contributed by atoms with van der Waals surface area (Å²) in [5, 5.41) is 9.10. The Kier molecular flexibility index (Phi) is 5.35. The van der Waals surface area contributed by atoms with Gasteiger partial charge in [0, 0.05) is 0 Å². The van der Waals surface area contributed by atoms with Gasteiger partial charge >= 0.3 is 6.61 Å². The number of ether oxygens (including phenoxy) is 2. The predicted molar refractivity (Wildman–Crippen MR) is 88.2 cm³/mol. The fourth-order valence-electron chi connectivity index (χ4n) is 2.30. The lowest BCUT2D eigenvalue weighted by Gasteiger charge is -2.12. The maximum Gasteiger partial charge on any atom is 0.387 e. The first-order chi connectivity index (χ1) is 12.4. The number of phenols is 1. The summed E-state index contributed by atoms with van der Waals surface area (Å²) >= 11 is 0. The number of hydrogen-bond acceptors (Lipinski definition) is 3. The summed E-state index contributed by atoms with van der Waals surface area (Å²) in [6, 6.07) is 6.35. The van der Waals surface area contributed by atoms with E-state index in [2.05, 4.69) is 4.74 Å². The number of phenolic OH excluding ortho intramolecular Hbond substituents is 1. The van der Waals surface area contributed by atoms with Gasteiger partial charge < -0.3 is 14.6 Å². The molecule has 138 valence electrons. The first-order valence-corrected chi connectivity index (χ1v) is 8.00. The minimum atomic E-state index is -2.97. The summed E-state index contributed by atoms with van der Waals surface area (Å²) in [7, 11) is 0. The zero-order valence-electron chi connectivity index (χ0n) is 13.6. The highest BCUT2D eigenvalue weighted by Crippen LogP contribution is 2.34. The summed E-state index contributed by atoms with van der Waals surface area (Å²) < 4.78 is 61.7. The summed E-state index contributed by atoms with van der Waals surface area (Å²) in [6.45, 7) is -2.55. The van der Waals surface area contributed by atoms with Crippen LogP contribution in [0.15, 0.2) is 30.3 Å². The van der Waals surface area contributed by atoms with Crippen molar-refractivity contribution in [1.82, 2.24) is 0 Å². The quantitative estimate of drug-likeness (QED) is 0.537. The Hall–Kier alpha value is -2.70. The van der Waals surface area contributed by atoms with Gasteiger partial charge in [0.05, 0.1) is 6.61 Å². The molecule has 0 radical (unpaired) electrons. The average molecular weight is 368 g/mol. The third-order valence-electron chi connectivity index (χ3n) is 3.86. The molecule has 2 aromatic carbocycles. The van der Waals surface area contributed by atoms with Gasteiger partial charge in [-0.1, -0.05) is 18.2 Å². The minimum absolute atomic E-state index is 0.0699. The highest BCUT2D eigenvalue weighted by Gasteiger charge is 2.23. The highest BCUT2D eigenvalue weighted by atomic mass is 19.3. The van der Waals surface area contributed by atoms with E-state index < -0.39 is 24.0 Å². The van der Waals surface area contributed by atoms with Crippen LogP contribution in [0.4, 0.5) is 17.6 Å². The van der Waals surface area contributed by atoms with Crippen LogP contribution in [0.3, 0.4) is 0 Å². The van der Waals surface area contributed by atoms with E-state index in [1.54, 1.807) is 6.08 Å². The lowest BCUT2D eigenvalue weighted by molar-refractivity contribution is -0.0515. The van der Waals surface area contributed by atoms with Crippen LogP contribution in [-0.2, 0) is 0 Å². The predicted octanol–water partition coefficient (Wildman–Crippen LogP) is 5.23. The smallest absolute Gasteiger partial charge is 0.387 e. The average Bonchev–Trinajstić information content (AvgIpc) is 3.41. The van der Waals surface area contributed by atoms with Crippen LogP contribution in [-0.4, -0.2) is 18.3 Å². The Morgan fingerprint density at radius 3 is 2.27 bits per heavy atom. The molecular formula is C19H16F4O3. The van der Waals surface area contributed by atoms with Gasteiger partial charge in [-0.2, -0.15) is 8.78 Å². The van der Waals surface area contributed by atoms with Gasteiger partial charge in [0.1, 0.15) is 0 Å². The molecule has 7 heteroatoms. The molecule has 0 saturated heterocycles. The van der Waals surface area contributed by atoms with Gasteiger partial charge in [0.2, 0.25) is 0 Å². The topological polar surface area (TPSA) is 38.7 Å². The number of hydrogen-bond donors (Lipinski definition) is 1. The Balaban J connectivity index is 1.81. The van der Waals surface area contributed by atoms with Gasteiger partial charge in [0.25, 0.3) is 0 Å². The molecule has 0 aliphatic heterocycles. The van der Waals surface area contributed by atoms with Crippen LogP contribution in [0.5, 0.6) is 17.2 Å². The maximum absolute atomic E-state index is 13.4. The van der Waals surface area contributed by atoms with E-state index >= 15 is 0 Å². The monoisotopic (exact) mass is 368 g/mol. The molecule has 0 bridgehead atoms. The zero-order valence-corrected chi connectivity index (χ0v) is 13.6. The van der Waals surface area contributed by atoms with Crippen molar-refractivity contribution < 1.29 is 32.1 Å². The number of aromatic hydroxyl groups is 1. The fraction of sp³-hybridized carbons (Fsp3) is 0.263. The van der Waals surface area contributed by atoms with Gasteiger partial charge in [-0.3, -0.25) is 0 Å². The van der Waals surface area contributed by atoms with Gasteiger partial charge in [-0.25, -0.2) is 8.78 Å². The van der Waals surface area contributed by atoms with Crippen LogP contribution in [0.25, 0.3) is 12.2 Å². The maximum atomic E-state index is 13.4.